The fourth-order valence-electron chi connectivity index (χ4n) is 2.42. The molecule has 3 rings (SSSR count). The van der Waals surface area contributed by atoms with Gasteiger partial charge in [-0.05, 0) is 18.2 Å². The highest BCUT2D eigenvalue weighted by Crippen LogP contribution is 2.38. The van der Waals surface area contributed by atoms with Crippen molar-refractivity contribution in [2.24, 2.45) is 0 Å². The van der Waals surface area contributed by atoms with Crippen LogP contribution in [0.3, 0.4) is 0 Å². The van der Waals surface area contributed by atoms with Gasteiger partial charge in [-0.15, -0.1) is 0 Å². The van der Waals surface area contributed by atoms with Crippen molar-refractivity contribution in [1.29, 1.82) is 0 Å². The minimum Gasteiger partial charge on any atom is -0.508 e. The Morgan fingerprint density at radius 3 is 2.26 bits per heavy atom. The Hall–Kier alpha value is -3.47. The zero-order valence-corrected chi connectivity index (χ0v) is 13.4. The third-order valence-corrected chi connectivity index (χ3v) is 3.57. The second-order valence-electron chi connectivity index (χ2n) is 5.69. The summed E-state index contributed by atoms with van der Waals surface area (Å²) in [6.07, 6.45) is 0. The summed E-state index contributed by atoms with van der Waals surface area (Å²) in [6, 6.07) is 5.35. The molecule has 3 aromatic rings. The van der Waals surface area contributed by atoms with Crippen molar-refractivity contribution in [3.8, 4) is 40.1 Å². The van der Waals surface area contributed by atoms with E-state index in [9.17, 15) is 25.2 Å². The highest BCUT2D eigenvalue weighted by Gasteiger charge is 2.25. The van der Waals surface area contributed by atoms with Crippen molar-refractivity contribution >= 4 is 11.0 Å². The summed E-state index contributed by atoms with van der Waals surface area (Å²) < 4.78 is 10.5. The first-order chi connectivity index (χ1) is 12.6. The molecular weight excluding hydrogens is 364 g/mol. The van der Waals surface area contributed by atoms with Crippen LogP contribution in [0.15, 0.2) is 39.5 Å². The summed E-state index contributed by atoms with van der Waals surface area (Å²) in [5.74, 6) is -6.19. The van der Waals surface area contributed by atoms with Gasteiger partial charge >= 0.3 is 5.97 Å². The predicted molar refractivity (Wildman–Crippen MR) is 89.5 cm³/mol. The summed E-state index contributed by atoms with van der Waals surface area (Å²) in [4.78, 5) is 12.7. The Bertz CT molecular complexity index is 1080. The van der Waals surface area contributed by atoms with Crippen molar-refractivity contribution < 1.29 is 44.9 Å². The van der Waals surface area contributed by atoms with E-state index in [1.807, 2.05) is 0 Å². The molecule has 142 valence electrons. The van der Waals surface area contributed by atoms with Crippen LogP contribution in [0.5, 0.6) is 28.7 Å². The molecule has 0 unspecified atom stereocenters. The topological polar surface area (TPSA) is 181 Å². The maximum absolute atomic E-state index is 12.7. The summed E-state index contributed by atoms with van der Waals surface area (Å²) in [7, 11) is 0. The van der Waals surface area contributed by atoms with Gasteiger partial charge in [0.2, 0.25) is 11.2 Å². The van der Waals surface area contributed by atoms with Crippen LogP contribution < -0.4 is 10.2 Å². The van der Waals surface area contributed by atoms with Gasteiger partial charge in [0.05, 0.1) is 0 Å². The summed E-state index contributed by atoms with van der Waals surface area (Å²) >= 11 is 0. The SMILES string of the molecule is O=c1c(OCC(O)(O)O)c(-c2ccc(O)c(O)c2)oc2cc(O)cc(O)c12. The van der Waals surface area contributed by atoms with Gasteiger partial charge in [0.1, 0.15) is 22.5 Å². The molecule has 10 nitrogen and oxygen atoms in total. The van der Waals surface area contributed by atoms with Crippen LogP contribution in [-0.4, -0.2) is 48.3 Å². The van der Waals surface area contributed by atoms with Crippen LogP contribution in [0.2, 0.25) is 0 Å². The van der Waals surface area contributed by atoms with Gasteiger partial charge in [0.25, 0.3) is 0 Å². The van der Waals surface area contributed by atoms with E-state index in [0.717, 1.165) is 24.3 Å². The van der Waals surface area contributed by atoms with E-state index in [-0.39, 0.29) is 22.3 Å². The Kier molecular flexibility index (Phi) is 4.31. The molecule has 0 bridgehead atoms. The van der Waals surface area contributed by atoms with Gasteiger partial charge in [-0.25, -0.2) is 0 Å². The lowest BCUT2D eigenvalue weighted by Gasteiger charge is -2.17. The maximum Gasteiger partial charge on any atom is 0.311 e. The summed E-state index contributed by atoms with van der Waals surface area (Å²) in [5, 5.41) is 65.3. The standard InChI is InChI=1S/C17H14O10/c18-8-4-11(21)13-12(5-8)27-15(7-1-2-9(19)10(20)3-7)16(14(13)22)26-6-17(23,24)25/h1-5,18-21,23-25H,6H2. The van der Waals surface area contributed by atoms with E-state index in [4.69, 9.17) is 24.5 Å². The van der Waals surface area contributed by atoms with E-state index in [0.29, 0.717) is 0 Å². The van der Waals surface area contributed by atoms with E-state index in [1.54, 1.807) is 0 Å². The Morgan fingerprint density at radius 1 is 0.926 bits per heavy atom. The van der Waals surface area contributed by atoms with Crippen LogP contribution in [0.1, 0.15) is 0 Å². The highest BCUT2D eigenvalue weighted by atomic mass is 16.7. The molecule has 0 fully saturated rings. The first-order valence-corrected chi connectivity index (χ1v) is 7.42. The highest BCUT2D eigenvalue weighted by molar-refractivity contribution is 5.88. The van der Waals surface area contributed by atoms with E-state index >= 15 is 0 Å². The minimum absolute atomic E-state index is 0.0431. The van der Waals surface area contributed by atoms with E-state index in [1.165, 1.54) is 6.07 Å². The number of aliphatic hydroxyl groups is 3. The van der Waals surface area contributed by atoms with E-state index in [2.05, 4.69) is 0 Å². The number of ether oxygens (including phenoxy) is 1. The molecule has 7 N–H and O–H groups in total. The van der Waals surface area contributed by atoms with Crippen molar-refractivity contribution in [2.45, 2.75) is 5.97 Å². The first kappa shape index (κ1) is 18.3. The Morgan fingerprint density at radius 2 is 1.63 bits per heavy atom. The molecule has 0 aliphatic rings. The van der Waals surface area contributed by atoms with Gasteiger partial charge in [-0.2, -0.15) is 0 Å². The zero-order chi connectivity index (χ0) is 19.9. The number of phenolic OH excluding ortho intramolecular Hbond substituents is 4. The number of phenols is 4. The zero-order valence-electron chi connectivity index (χ0n) is 13.4. The van der Waals surface area contributed by atoms with Crippen molar-refractivity contribution in [3.63, 3.8) is 0 Å². The molecule has 0 amide bonds. The van der Waals surface area contributed by atoms with Gasteiger partial charge in [0, 0.05) is 17.7 Å². The van der Waals surface area contributed by atoms with Gasteiger partial charge in [-0.1, -0.05) is 0 Å². The molecule has 0 saturated carbocycles. The molecule has 2 aromatic carbocycles. The molecular formula is C17H14O10. The lowest BCUT2D eigenvalue weighted by molar-refractivity contribution is -0.322. The Labute approximate surface area is 150 Å². The molecule has 1 heterocycles. The molecule has 1 aromatic heterocycles. The van der Waals surface area contributed by atoms with Crippen molar-refractivity contribution in [2.75, 3.05) is 6.61 Å². The molecule has 0 saturated heterocycles. The average molecular weight is 378 g/mol. The summed E-state index contributed by atoms with van der Waals surface area (Å²) in [5.41, 5.74) is -1.13. The molecule has 10 heteroatoms. The molecule has 0 atom stereocenters. The van der Waals surface area contributed by atoms with Gasteiger partial charge in [0.15, 0.2) is 23.9 Å². The predicted octanol–water partition coefficient (Wildman–Crippen LogP) is 0.292. The molecule has 0 aliphatic carbocycles. The monoisotopic (exact) mass is 378 g/mol. The summed E-state index contributed by atoms with van der Waals surface area (Å²) in [6.45, 7) is -1.14. The second-order valence-corrected chi connectivity index (χ2v) is 5.69. The third kappa shape index (κ3) is 3.58. The smallest absolute Gasteiger partial charge is 0.311 e. The van der Waals surface area contributed by atoms with Crippen LogP contribution in [0.4, 0.5) is 0 Å². The molecule has 0 radical (unpaired) electrons. The minimum atomic E-state index is -3.26. The second kappa shape index (κ2) is 6.36. The first-order valence-electron chi connectivity index (χ1n) is 7.42. The number of rotatable bonds is 4. The fourth-order valence-corrected chi connectivity index (χ4v) is 2.42. The number of aromatic hydroxyl groups is 4. The van der Waals surface area contributed by atoms with Crippen molar-refractivity contribution in [3.05, 3.63) is 40.6 Å². The molecule has 27 heavy (non-hydrogen) atoms. The van der Waals surface area contributed by atoms with Crippen LogP contribution >= 0.6 is 0 Å². The van der Waals surface area contributed by atoms with Gasteiger partial charge in [-0.3, -0.25) is 4.79 Å². The largest absolute Gasteiger partial charge is 0.508 e. The Balaban J connectivity index is 2.31. The lowest BCUT2D eigenvalue weighted by Crippen LogP contribution is -2.35. The van der Waals surface area contributed by atoms with Gasteiger partial charge < -0.3 is 44.9 Å². The molecule has 0 aliphatic heterocycles. The van der Waals surface area contributed by atoms with E-state index < -0.39 is 46.8 Å². The number of benzene rings is 2. The van der Waals surface area contributed by atoms with Crippen molar-refractivity contribution in [1.82, 2.24) is 0 Å². The van der Waals surface area contributed by atoms with Crippen LogP contribution in [-0.2, 0) is 0 Å². The normalized spacial score (nSPS) is 11.7. The fraction of sp³-hybridized carbons (Fsp3) is 0.118. The number of hydrogen-bond donors (Lipinski definition) is 7. The van der Waals surface area contributed by atoms with Crippen LogP contribution in [0.25, 0.3) is 22.3 Å². The molecule has 0 spiro atoms. The maximum atomic E-state index is 12.7. The van der Waals surface area contributed by atoms with Crippen LogP contribution in [0, 0.1) is 0 Å². The number of hydrogen-bond acceptors (Lipinski definition) is 10. The third-order valence-electron chi connectivity index (χ3n) is 3.57. The lowest BCUT2D eigenvalue weighted by atomic mass is 10.1. The average Bonchev–Trinajstić information content (AvgIpc) is 2.54. The number of fused-ring (bicyclic) bond motifs is 1. The quantitative estimate of drug-likeness (QED) is 0.246.